The average Bonchev–Trinajstić information content (AvgIpc) is 2.34. The van der Waals surface area contributed by atoms with Gasteiger partial charge in [-0.1, -0.05) is 6.07 Å². The molecule has 3 nitrogen and oxygen atoms in total. The van der Waals surface area contributed by atoms with E-state index in [9.17, 15) is 0 Å². The van der Waals surface area contributed by atoms with Gasteiger partial charge < -0.3 is 5.32 Å². The van der Waals surface area contributed by atoms with Crippen molar-refractivity contribution in [1.29, 1.82) is 0 Å². The normalized spacial score (nSPS) is 39.8. The van der Waals surface area contributed by atoms with Gasteiger partial charge in [-0.25, -0.2) is 0 Å². The Hall–Kier alpha value is -0.930. The third-order valence-corrected chi connectivity index (χ3v) is 4.71. The van der Waals surface area contributed by atoms with E-state index in [1.54, 1.807) is 0 Å². The molecule has 0 atom stereocenters. The van der Waals surface area contributed by atoms with Gasteiger partial charge in [0.25, 0.3) is 0 Å². The number of rotatable bonds is 2. The molecule has 0 aromatic carbocycles. The molecule has 17 heavy (non-hydrogen) atoms. The van der Waals surface area contributed by atoms with E-state index in [1.807, 2.05) is 12.3 Å². The minimum atomic E-state index is 0.803. The zero-order chi connectivity index (χ0) is 11.2. The maximum absolute atomic E-state index is 4.47. The molecule has 1 aromatic rings. The summed E-state index contributed by atoms with van der Waals surface area (Å²) in [4.78, 5) is 7.19. The molecule has 4 aliphatic rings. The van der Waals surface area contributed by atoms with Gasteiger partial charge in [0.2, 0.25) is 0 Å². The second kappa shape index (κ2) is 3.79. The highest BCUT2D eigenvalue weighted by Crippen LogP contribution is 2.39. The van der Waals surface area contributed by atoms with Crippen LogP contribution in [0.5, 0.6) is 0 Å². The fourth-order valence-electron chi connectivity index (χ4n) is 4.08. The molecule has 90 valence electrons. The van der Waals surface area contributed by atoms with E-state index in [4.69, 9.17) is 0 Å². The van der Waals surface area contributed by atoms with Crippen molar-refractivity contribution < 1.29 is 0 Å². The molecule has 1 N–H and O–H groups in total. The van der Waals surface area contributed by atoms with Crippen molar-refractivity contribution >= 4 is 0 Å². The smallest absolute Gasteiger partial charge is 0.0544 e. The Bertz CT molecular complexity index is 375. The average molecular weight is 229 g/mol. The summed E-state index contributed by atoms with van der Waals surface area (Å²) >= 11 is 0. The number of nitrogens with zero attached hydrogens (tertiary/aromatic N) is 2. The zero-order valence-electron chi connectivity index (χ0n) is 10.0. The molecule has 4 fully saturated rings. The van der Waals surface area contributed by atoms with Crippen LogP contribution in [0.3, 0.4) is 0 Å². The minimum Gasteiger partial charge on any atom is -0.311 e. The van der Waals surface area contributed by atoms with E-state index in [2.05, 4.69) is 27.3 Å². The lowest BCUT2D eigenvalue weighted by molar-refractivity contribution is -0.0366. The maximum Gasteiger partial charge on any atom is 0.0544 e. The Morgan fingerprint density at radius 3 is 2.41 bits per heavy atom. The summed E-state index contributed by atoms with van der Waals surface area (Å²) in [5.74, 6) is 0. The molecule has 3 heteroatoms. The van der Waals surface area contributed by atoms with Gasteiger partial charge in [0.1, 0.15) is 0 Å². The molecule has 1 aromatic heterocycles. The van der Waals surface area contributed by atoms with E-state index in [0.29, 0.717) is 0 Å². The topological polar surface area (TPSA) is 28.2 Å². The molecular formula is C14H19N3. The highest BCUT2D eigenvalue weighted by Gasteiger charge is 2.46. The Morgan fingerprint density at radius 2 is 1.82 bits per heavy atom. The first-order valence-electron chi connectivity index (χ1n) is 6.80. The summed E-state index contributed by atoms with van der Waals surface area (Å²) in [5.41, 5.74) is 1.23. The first-order valence-corrected chi connectivity index (χ1v) is 6.80. The predicted octanol–water partition coefficient (Wildman–Crippen LogP) is 1.55. The van der Waals surface area contributed by atoms with Gasteiger partial charge in [0.05, 0.1) is 5.69 Å². The van der Waals surface area contributed by atoms with Gasteiger partial charge in [0.15, 0.2) is 0 Å². The van der Waals surface area contributed by atoms with E-state index in [1.165, 1.54) is 31.4 Å². The first-order chi connectivity index (χ1) is 8.38. The van der Waals surface area contributed by atoms with Gasteiger partial charge >= 0.3 is 0 Å². The van der Waals surface area contributed by atoms with Crippen LogP contribution < -0.4 is 5.32 Å². The van der Waals surface area contributed by atoms with Crippen molar-refractivity contribution in [3.05, 3.63) is 30.1 Å². The highest BCUT2D eigenvalue weighted by molar-refractivity contribution is 5.09. The third-order valence-electron chi connectivity index (χ3n) is 4.71. The minimum absolute atomic E-state index is 0.803. The molecule has 0 radical (unpaired) electrons. The monoisotopic (exact) mass is 229 g/mol. The van der Waals surface area contributed by atoms with Crippen LogP contribution in [0.15, 0.2) is 24.4 Å². The summed E-state index contributed by atoms with van der Waals surface area (Å²) in [6, 6.07) is 9.47. The molecule has 5 heterocycles. The third kappa shape index (κ3) is 1.69. The summed E-state index contributed by atoms with van der Waals surface area (Å²) in [5, 5.41) is 3.76. The SMILES string of the molecule is c1ccc(CN2C3CC4CC2CC(C3)N4)nc1. The lowest BCUT2D eigenvalue weighted by atomic mass is 9.74. The largest absolute Gasteiger partial charge is 0.311 e. The quantitative estimate of drug-likeness (QED) is 0.834. The molecule has 0 unspecified atom stereocenters. The highest BCUT2D eigenvalue weighted by atomic mass is 15.3. The van der Waals surface area contributed by atoms with Gasteiger partial charge in [-0.15, -0.1) is 0 Å². The van der Waals surface area contributed by atoms with Crippen LogP contribution >= 0.6 is 0 Å². The van der Waals surface area contributed by atoms with Crippen LogP contribution in [-0.2, 0) is 6.54 Å². The van der Waals surface area contributed by atoms with Gasteiger partial charge in [-0.05, 0) is 37.8 Å². The number of hydrogen-bond acceptors (Lipinski definition) is 3. The maximum atomic E-state index is 4.47. The van der Waals surface area contributed by atoms with Gasteiger partial charge in [-0.3, -0.25) is 9.88 Å². The standard InChI is InChI=1S/C14H19N3/c1-2-4-15-10(3-1)9-17-13-5-11-6-14(17)8-12(7-13)16-11/h1-4,11-14,16H,5-9H2. The number of aromatic nitrogens is 1. The van der Waals surface area contributed by atoms with Gasteiger partial charge in [-0.2, -0.15) is 0 Å². The number of nitrogens with one attached hydrogen (secondary N) is 1. The molecule has 0 saturated carbocycles. The van der Waals surface area contributed by atoms with E-state index in [0.717, 1.165) is 30.7 Å². The Labute approximate surface area is 102 Å². The fraction of sp³-hybridized carbons (Fsp3) is 0.643. The Balaban J connectivity index is 1.55. The van der Waals surface area contributed by atoms with Crippen molar-refractivity contribution in [2.24, 2.45) is 0 Å². The molecule has 0 spiro atoms. The van der Waals surface area contributed by atoms with Crippen LogP contribution in [-0.4, -0.2) is 34.1 Å². The number of pyridine rings is 1. The molecule has 4 aliphatic heterocycles. The molecular weight excluding hydrogens is 210 g/mol. The van der Waals surface area contributed by atoms with Crippen LogP contribution in [0, 0.1) is 0 Å². The second-order valence-corrected chi connectivity index (χ2v) is 5.80. The summed E-state index contributed by atoms with van der Waals surface area (Å²) in [6.07, 6.45) is 7.30. The Morgan fingerprint density at radius 1 is 1.12 bits per heavy atom. The van der Waals surface area contributed by atoms with Gasteiger partial charge in [0, 0.05) is 36.9 Å². The van der Waals surface area contributed by atoms with Crippen molar-refractivity contribution in [3.63, 3.8) is 0 Å². The van der Waals surface area contributed by atoms with Crippen LogP contribution in [0.1, 0.15) is 31.4 Å². The van der Waals surface area contributed by atoms with Crippen molar-refractivity contribution in [1.82, 2.24) is 15.2 Å². The number of piperidine rings is 4. The fourth-order valence-corrected chi connectivity index (χ4v) is 4.08. The van der Waals surface area contributed by atoms with E-state index in [-0.39, 0.29) is 0 Å². The Kier molecular flexibility index (Phi) is 2.24. The molecule has 0 amide bonds. The summed E-state index contributed by atoms with van der Waals surface area (Å²) < 4.78 is 0. The van der Waals surface area contributed by atoms with E-state index >= 15 is 0 Å². The van der Waals surface area contributed by atoms with Crippen LogP contribution in [0.4, 0.5) is 0 Å². The molecule has 4 bridgehead atoms. The molecule has 4 saturated heterocycles. The predicted molar refractivity (Wildman–Crippen MR) is 66.5 cm³/mol. The summed E-state index contributed by atoms with van der Waals surface area (Å²) in [6.45, 7) is 1.05. The molecule has 5 rings (SSSR count). The van der Waals surface area contributed by atoms with Crippen molar-refractivity contribution in [2.75, 3.05) is 0 Å². The van der Waals surface area contributed by atoms with E-state index < -0.39 is 0 Å². The lowest BCUT2D eigenvalue weighted by Crippen LogP contribution is -2.67. The van der Waals surface area contributed by atoms with Crippen molar-refractivity contribution in [2.45, 2.75) is 56.4 Å². The molecule has 0 aliphatic carbocycles. The summed E-state index contributed by atoms with van der Waals surface area (Å²) in [7, 11) is 0. The number of hydrogen-bond donors (Lipinski definition) is 1. The lowest BCUT2D eigenvalue weighted by Gasteiger charge is -2.57. The van der Waals surface area contributed by atoms with Crippen molar-refractivity contribution in [3.8, 4) is 0 Å². The second-order valence-electron chi connectivity index (χ2n) is 5.80. The zero-order valence-corrected chi connectivity index (χ0v) is 10.0. The van der Waals surface area contributed by atoms with Crippen LogP contribution in [0.25, 0.3) is 0 Å². The van der Waals surface area contributed by atoms with Crippen LogP contribution in [0.2, 0.25) is 0 Å². The first kappa shape index (κ1) is 10.0.